The lowest BCUT2D eigenvalue weighted by Gasteiger charge is -2.06. The first kappa shape index (κ1) is 19.3. The number of carbonyl (C=O) groups excluding carboxylic acids is 3. The minimum Gasteiger partial charge on any atom is -0.451 e. The number of hydrogen-bond donors (Lipinski definition) is 2. The standard InChI is InChI=1S/C18H15ClN2O4S2/c19-15-12-5-1-2-6-13(12)27-16(15)17(23)25-10-14(22)21-18(24)20-8-7-11-4-3-9-26-11/h1-6,9H,7-8,10H2,(H2,20,21,22,24). The van der Waals surface area contributed by atoms with Crippen molar-refractivity contribution >= 4 is 62.3 Å². The number of amides is 3. The number of nitrogens with one attached hydrogen (secondary N) is 2. The fourth-order valence-electron chi connectivity index (χ4n) is 2.30. The Balaban J connectivity index is 1.44. The molecule has 3 amide bonds. The molecule has 2 heterocycles. The predicted molar refractivity (Wildman–Crippen MR) is 107 cm³/mol. The molecular weight excluding hydrogens is 408 g/mol. The number of halogens is 1. The van der Waals surface area contributed by atoms with Crippen LogP contribution in [0, 0.1) is 0 Å². The minimum atomic E-state index is -0.714. The number of urea groups is 1. The van der Waals surface area contributed by atoms with E-state index in [2.05, 4.69) is 10.6 Å². The molecule has 6 nitrogen and oxygen atoms in total. The normalized spacial score (nSPS) is 10.6. The molecule has 0 saturated heterocycles. The van der Waals surface area contributed by atoms with E-state index in [4.69, 9.17) is 16.3 Å². The Labute approximate surface area is 168 Å². The maximum atomic E-state index is 12.2. The number of ether oxygens (including phenoxy) is 1. The number of hydrogen-bond acceptors (Lipinski definition) is 6. The van der Waals surface area contributed by atoms with E-state index in [0.29, 0.717) is 18.0 Å². The summed E-state index contributed by atoms with van der Waals surface area (Å²) < 4.78 is 5.81. The fourth-order valence-corrected chi connectivity index (χ4v) is 4.41. The number of rotatable bonds is 6. The van der Waals surface area contributed by atoms with E-state index in [1.807, 2.05) is 35.7 Å². The zero-order valence-electron chi connectivity index (χ0n) is 14.0. The molecule has 27 heavy (non-hydrogen) atoms. The van der Waals surface area contributed by atoms with Crippen molar-refractivity contribution in [2.24, 2.45) is 0 Å². The van der Waals surface area contributed by atoms with Crippen LogP contribution in [0.2, 0.25) is 5.02 Å². The Morgan fingerprint density at radius 2 is 1.93 bits per heavy atom. The van der Waals surface area contributed by atoms with E-state index >= 15 is 0 Å². The van der Waals surface area contributed by atoms with Gasteiger partial charge in [0.25, 0.3) is 5.91 Å². The lowest BCUT2D eigenvalue weighted by Crippen LogP contribution is -2.42. The first-order chi connectivity index (χ1) is 13.0. The highest BCUT2D eigenvalue weighted by molar-refractivity contribution is 7.21. The van der Waals surface area contributed by atoms with Gasteiger partial charge < -0.3 is 10.1 Å². The van der Waals surface area contributed by atoms with Crippen LogP contribution in [-0.2, 0) is 16.0 Å². The molecule has 0 atom stereocenters. The van der Waals surface area contributed by atoms with Crippen LogP contribution < -0.4 is 10.6 Å². The zero-order valence-corrected chi connectivity index (χ0v) is 16.4. The maximum Gasteiger partial charge on any atom is 0.350 e. The van der Waals surface area contributed by atoms with Gasteiger partial charge in [-0.1, -0.05) is 35.9 Å². The third-order valence-corrected chi connectivity index (χ3v) is 6.14. The number of benzene rings is 1. The van der Waals surface area contributed by atoms with Crippen molar-refractivity contribution in [2.75, 3.05) is 13.2 Å². The number of imide groups is 1. The molecule has 0 fully saturated rings. The van der Waals surface area contributed by atoms with Gasteiger partial charge in [-0.15, -0.1) is 22.7 Å². The molecule has 2 N–H and O–H groups in total. The van der Waals surface area contributed by atoms with Gasteiger partial charge in [-0.25, -0.2) is 9.59 Å². The monoisotopic (exact) mass is 422 g/mol. The summed E-state index contributed by atoms with van der Waals surface area (Å²) in [4.78, 5) is 36.9. The summed E-state index contributed by atoms with van der Waals surface area (Å²) in [6, 6.07) is 10.6. The molecule has 0 aliphatic rings. The van der Waals surface area contributed by atoms with Crippen LogP contribution in [0.3, 0.4) is 0 Å². The van der Waals surface area contributed by atoms with Crippen LogP contribution in [-0.4, -0.2) is 31.1 Å². The van der Waals surface area contributed by atoms with E-state index in [1.54, 1.807) is 17.4 Å². The minimum absolute atomic E-state index is 0.228. The summed E-state index contributed by atoms with van der Waals surface area (Å²) >= 11 is 8.98. The molecule has 3 aromatic rings. The molecule has 0 spiro atoms. The van der Waals surface area contributed by atoms with E-state index in [9.17, 15) is 14.4 Å². The molecule has 0 aliphatic carbocycles. The van der Waals surface area contributed by atoms with Gasteiger partial charge in [-0.05, 0) is 23.9 Å². The van der Waals surface area contributed by atoms with E-state index in [0.717, 1.165) is 15.0 Å². The van der Waals surface area contributed by atoms with E-state index in [-0.39, 0.29) is 4.88 Å². The number of thiophene rings is 2. The first-order valence-corrected chi connectivity index (χ1v) is 10.1. The van der Waals surface area contributed by atoms with E-state index in [1.165, 1.54) is 11.3 Å². The summed E-state index contributed by atoms with van der Waals surface area (Å²) in [7, 11) is 0. The molecule has 0 radical (unpaired) electrons. The topological polar surface area (TPSA) is 84.5 Å². The first-order valence-electron chi connectivity index (χ1n) is 7.99. The predicted octanol–water partition coefficient (Wildman–Crippen LogP) is 3.84. The van der Waals surface area contributed by atoms with Crippen molar-refractivity contribution in [3.05, 3.63) is 56.6 Å². The van der Waals surface area contributed by atoms with Crippen molar-refractivity contribution in [1.29, 1.82) is 0 Å². The third-order valence-electron chi connectivity index (χ3n) is 3.54. The van der Waals surface area contributed by atoms with Gasteiger partial charge in [-0.2, -0.15) is 0 Å². The van der Waals surface area contributed by atoms with E-state index < -0.39 is 24.5 Å². The van der Waals surface area contributed by atoms with Crippen LogP contribution in [0.25, 0.3) is 10.1 Å². The molecule has 0 unspecified atom stereocenters. The highest BCUT2D eigenvalue weighted by Crippen LogP contribution is 2.35. The molecule has 0 aliphatic heterocycles. The van der Waals surface area contributed by atoms with Crippen molar-refractivity contribution < 1.29 is 19.1 Å². The Hall–Kier alpha value is -2.42. The summed E-state index contributed by atoms with van der Waals surface area (Å²) in [6.07, 6.45) is 0.679. The third kappa shape index (κ3) is 5.06. The lowest BCUT2D eigenvalue weighted by atomic mass is 10.2. The molecule has 9 heteroatoms. The summed E-state index contributed by atoms with van der Waals surface area (Å²) in [5, 5.41) is 7.70. The molecule has 0 saturated carbocycles. The highest BCUT2D eigenvalue weighted by Gasteiger charge is 2.19. The SMILES string of the molecule is O=C(COC(=O)c1sc2ccccc2c1Cl)NC(=O)NCCc1cccs1. The van der Waals surface area contributed by atoms with Gasteiger partial charge in [0.2, 0.25) is 0 Å². The molecule has 3 rings (SSSR count). The lowest BCUT2D eigenvalue weighted by molar-refractivity contribution is -0.123. The van der Waals surface area contributed by atoms with Crippen LogP contribution in [0.1, 0.15) is 14.5 Å². The quantitative estimate of drug-likeness (QED) is 0.591. The second-order valence-electron chi connectivity index (χ2n) is 5.45. The van der Waals surface area contributed by atoms with Gasteiger partial charge in [-0.3, -0.25) is 10.1 Å². The Morgan fingerprint density at radius 3 is 2.67 bits per heavy atom. The van der Waals surface area contributed by atoms with Crippen LogP contribution in [0.15, 0.2) is 41.8 Å². The van der Waals surface area contributed by atoms with Crippen LogP contribution in [0.5, 0.6) is 0 Å². The van der Waals surface area contributed by atoms with Crippen molar-refractivity contribution in [1.82, 2.24) is 10.6 Å². The summed E-state index contributed by atoms with van der Waals surface area (Å²) in [6.45, 7) is -0.168. The van der Waals surface area contributed by atoms with Gasteiger partial charge in [0.15, 0.2) is 6.61 Å². The average molecular weight is 423 g/mol. The number of fused-ring (bicyclic) bond motifs is 1. The van der Waals surface area contributed by atoms with Crippen LogP contribution >= 0.6 is 34.3 Å². The molecule has 0 bridgehead atoms. The van der Waals surface area contributed by atoms with Gasteiger partial charge >= 0.3 is 12.0 Å². The van der Waals surface area contributed by atoms with Crippen LogP contribution in [0.4, 0.5) is 4.79 Å². The van der Waals surface area contributed by atoms with Crippen molar-refractivity contribution in [2.45, 2.75) is 6.42 Å². The largest absolute Gasteiger partial charge is 0.451 e. The molecule has 2 aromatic heterocycles. The van der Waals surface area contributed by atoms with Crippen molar-refractivity contribution in [3.8, 4) is 0 Å². The van der Waals surface area contributed by atoms with Gasteiger partial charge in [0, 0.05) is 21.5 Å². The zero-order chi connectivity index (χ0) is 19.2. The van der Waals surface area contributed by atoms with Crippen molar-refractivity contribution in [3.63, 3.8) is 0 Å². The second-order valence-corrected chi connectivity index (χ2v) is 7.91. The smallest absolute Gasteiger partial charge is 0.350 e. The summed E-state index contributed by atoms with van der Waals surface area (Å²) in [5.41, 5.74) is 0. The Kier molecular flexibility index (Phi) is 6.44. The maximum absolute atomic E-state index is 12.2. The number of carbonyl (C=O) groups is 3. The second kappa shape index (κ2) is 8.98. The average Bonchev–Trinajstić information content (AvgIpc) is 3.28. The Bertz CT molecular complexity index is 969. The van der Waals surface area contributed by atoms with Gasteiger partial charge in [0.1, 0.15) is 4.88 Å². The molecule has 140 valence electrons. The highest BCUT2D eigenvalue weighted by atomic mass is 35.5. The number of esters is 1. The molecule has 1 aromatic carbocycles. The van der Waals surface area contributed by atoms with Gasteiger partial charge in [0.05, 0.1) is 5.02 Å². The molecular formula is C18H15ClN2O4S2. The summed E-state index contributed by atoms with van der Waals surface area (Å²) in [5.74, 6) is -1.41. The Morgan fingerprint density at radius 1 is 1.11 bits per heavy atom. The fraction of sp³-hybridized carbons (Fsp3) is 0.167.